The SMILES string of the molecule is CSC[C@@H]1OC(C)(C)O[C@H]1C. The van der Waals surface area contributed by atoms with Crippen LogP contribution in [0, 0.1) is 0 Å². The number of hydrogen-bond acceptors (Lipinski definition) is 3. The molecule has 0 saturated carbocycles. The summed E-state index contributed by atoms with van der Waals surface area (Å²) >= 11 is 1.80. The van der Waals surface area contributed by atoms with Crippen LogP contribution in [0.3, 0.4) is 0 Å². The topological polar surface area (TPSA) is 18.5 Å². The summed E-state index contributed by atoms with van der Waals surface area (Å²) in [6.07, 6.45) is 2.58. The Hall–Kier alpha value is 0.270. The van der Waals surface area contributed by atoms with Gasteiger partial charge >= 0.3 is 0 Å². The fourth-order valence-corrected chi connectivity index (χ4v) is 2.01. The zero-order chi connectivity index (χ0) is 8.48. The molecule has 1 rings (SSSR count). The second-order valence-electron chi connectivity index (χ2n) is 3.33. The van der Waals surface area contributed by atoms with Crippen molar-refractivity contribution in [1.29, 1.82) is 0 Å². The van der Waals surface area contributed by atoms with Crippen LogP contribution >= 0.6 is 11.8 Å². The third kappa shape index (κ3) is 2.36. The molecule has 66 valence electrons. The van der Waals surface area contributed by atoms with Gasteiger partial charge in [0.1, 0.15) is 0 Å². The molecular formula is C8H16O2S. The van der Waals surface area contributed by atoms with Gasteiger partial charge < -0.3 is 9.47 Å². The molecule has 3 heteroatoms. The van der Waals surface area contributed by atoms with E-state index in [4.69, 9.17) is 9.47 Å². The van der Waals surface area contributed by atoms with Crippen LogP contribution in [0.4, 0.5) is 0 Å². The van der Waals surface area contributed by atoms with Crippen LogP contribution in [0.15, 0.2) is 0 Å². The van der Waals surface area contributed by atoms with Crippen LogP contribution in [0.5, 0.6) is 0 Å². The van der Waals surface area contributed by atoms with Crippen LogP contribution in [-0.2, 0) is 9.47 Å². The first-order valence-corrected chi connectivity index (χ1v) is 5.29. The highest BCUT2D eigenvalue weighted by Gasteiger charge is 2.37. The van der Waals surface area contributed by atoms with E-state index in [0.717, 1.165) is 5.75 Å². The van der Waals surface area contributed by atoms with Gasteiger partial charge in [0.05, 0.1) is 12.2 Å². The minimum Gasteiger partial charge on any atom is -0.345 e. The fourth-order valence-electron chi connectivity index (χ4n) is 1.35. The smallest absolute Gasteiger partial charge is 0.163 e. The maximum atomic E-state index is 5.66. The summed E-state index contributed by atoms with van der Waals surface area (Å²) in [5.41, 5.74) is 0. The predicted molar refractivity (Wildman–Crippen MR) is 47.9 cm³/mol. The summed E-state index contributed by atoms with van der Waals surface area (Å²) in [7, 11) is 0. The van der Waals surface area contributed by atoms with Crippen molar-refractivity contribution in [1.82, 2.24) is 0 Å². The Morgan fingerprint density at radius 2 is 2.00 bits per heavy atom. The zero-order valence-corrected chi connectivity index (χ0v) is 8.40. The van der Waals surface area contributed by atoms with Gasteiger partial charge in [-0.25, -0.2) is 0 Å². The number of thioether (sulfide) groups is 1. The lowest BCUT2D eigenvalue weighted by Gasteiger charge is -2.16. The second-order valence-corrected chi connectivity index (χ2v) is 4.25. The first-order chi connectivity index (χ1) is 5.05. The molecule has 0 aromatic carbocycles. The summed E-state index contributed by atoms with van der Waals surface area (Å²) in [6.45, 7) is 5.99. The Kier molecular flexibility index (Phi) is 2.84. The number of hydrogen-bond donors (Lipinski definition) is 0. The largest absolute Gasteiger partial charge is 0.345 e. The minimum atomic E-state index is -0.375. The highest BCUT2D eigenvalue weighted by atomic mass is 32.2. The molecule has 1 heterocycles. The molecule has 1 aliphatic heterocycles. The summed E-state index contributed by atoms with van der Waals surface area (Å²) < 4.78 is 11.2. The van der Waals surface area contributed by atoms with Gasteiger partial charge in [-0.2, -0.15) is 11.8 Å². The molecule has 1 saturated heterocycles. The van der Waals surface area contributed by atoms with Crippen LogP contribution < -0.4 is 0 Å². The average Bonchev–Trinajstić information content (AvgIpc) is 2.07. The summed E-state index contributed by atoms with van der Waals surface area (Å²) in [5, 5.41) is 0. The lowest BCUT2D eigenvalue weighted by Crippen LogP contribution is -2.22. The number of rotatable bonds is 2. The standard InChI is InChI=1S/C8H16O2S/c1-6-7(5-11-4)10-8(2,3)9-6/h6-7H,5H2,1-4H3/t6-,7-/m0/s1. The van der Waals surface area contributed by atoms with E-state index in [9.17, 15) is 0 Å². The van der Waals surface area contributed by atoms with E-state index >= 15 is 0 Å². The summed E-state index contributed by atoms with van der Waals surface area (Å²) in [4.78, 5) is 0. The van der Waals surface area contributed by atoms with Crippen LogP contribution in [0.25, 0.3) is 0 Å². The third-order valence-electron chi connectivity index (χ3n) is 1.76. The molecule has 2 atom stereocenters. The second kappa shape index (κ2) is 3.33. The fraction of sp³-hybridized carbons (Fsp3) is 1.00. The summed E-state index contributed by atoms with van der Waals surface area (Å²) in [6, 6.07) is 0. The van der Waals surface area contributed by atoms with Crippen molar-refractivity contribution < 1.29 is 9.47 Å². The molecule has 0 amide bonds. The van der Waals surface area contributed by atoms with Crippen molar-refractivity contribution >= 4 is 11.8 Å². The molecule has 0 unspecified atom stereocenters. The Morgan fingerprint density at radius 3 is 2.36 bits per heavy atom. The van der Waals surface area contributed by atoms with E-state index in [0.29, 0.717) is 0 Å². The van der Waals surface area contributed by atoms with Crippen molar-refractivity contribution in [2.24, 2.45) is 0 Å². The lowest BCUT2D eigenvalue weighted by molar-refractivity contribution is -0.143. The maximum absolute atomic E-state index is 5.66. The Balaban J connectivity index is 2.45. The van der Waals surface area contributed by atoms with Crippen molar-refractivity contribution in [3.8, 4) is 0 Å². The molecule has 1 aliphatic rings. The van der Waals surface area contributed by atoms with Crippen molar-refractivity contribution in [2.45, 2.75) is 38.8 Å². The Bertz CT molecular complexity index is 136. The average molecular weight is 176 g/mol. The van der Waals surface area contributed by atoms with E-state index in [1.54, 1.807) is 11.8 Å². The van der Waals surface area contributed by atoms with Gasteiger partial charge in [-0.1, -0.05) is 0 Å². The quantitative estimate of drug-likeness (QED) is 0.640. The third-order valence-corrected chi connectivity index (χ3v) is 2.42. The molecule has 0 aliphatic carbocycles. The molecule has 0 aromatic rings. The number of ether oxygens (including phenoxy) is 2. The molecule has 11 heavy (non-hydrogen) atoms. The van der Waals surface area contributed by atoms with Gasteiger partial charge in [0.25, 0.3) is 0 Å². The van der Waals surface area contributed by atoms with Gasteiger partial charge in [-0.05, 0) is 27.0 Å². The van der Waals surface area contributed by atoms with Crippen LogP contribution in [0.1, 0.15) is 20.8 Å². The van der Waals surface area contributed by atoms with E-state index in [-0.39, 0.29) is 18.0 Å². The molecule has 0 spiro atoms. The Labute approximate surface area is 72.6 Å². The maximum Gasteiger partial charge on any atom is 0.163 e. The molecule has 0 aromatic heterocycles. The summed E-state index contributed by atoms with van der Waals surface area (Å²) in [5.74, 6) is 0.643. The normalized spacial score (nSPS) is 36.0. The van der Waals surface area contributed by atoms with Gasteiger partial charge in [-0.15, -0.1) is 0 Å². The van der Waals surface area contributed by atoms with E-state index in [1.165, 1.54) is 0 Å². The molecular weight excluding hydrogens is 160 g/mol. The van der Waals surface area contributed by atoms with Gasteiger partial charge in [0, 0.05) is 5.75 Å². The van der Waals surface area contributed by atoms with Crippen LogP contribution in [-0.4, -0.2) is 30.0 Å². The van der Waals surface area contributed by atoms with E-state index < -0.39 is 0 Å². The first-order valence-electron chi connectivity index (χ1n) is 3.90. The molecule has 0 radical (unpaired) electrons. The monoisotopic (exact) mass is 176 g/mol. The van der Waals surface area contributed by atoms with Gasteiger partial charge in [0.15, 0.2) is 5.79 Å². The molecule has 0 N–H and O–H groups in total. The molecule has 0 bridgehead atoms. The zero-order valence-electron chi connectivity index (χ0n) is 7.59. The van der Waals surface area contributed by atoms with Crippen LogP contribution in [0.2, 0.25) is 0 Å². The van der Waals surface area contributed by atoms with Crippen molar-refractivity contribution in [3.05, 3.63) is 0 Å². The molecule has 2 nitrogen and oxygen atoms in total. The van der Waals surface area contributed by atoms with Crippen molar-refractivity contribution in [2.75, 3.05) is 12.0 Å². The highest BCUT2D eigenvalue weighted by molar-refractivity contribution is 7.98. The first kappa shape index (κ1) is 9.36. The van der Waals surface area contributed by atoms with Crippen molar-refractivity contribution in [3.63, 3.8) is 0 Å². The van der Waals surface area contributed by atoms with Gasteiger partial charge in [-0.3, -0.25) is 0 Å². The molecule has 1 fully saturated rings. The predicted octanol–water partition coefficient (Wildman–Crippen LogP) is 1.89. The highest BCUT2D eigenvalue weighted by Crippen LogP contribution is 2.28. The minimum absolute atomic E-state index is 0.234. The Morgan fingerprint density at radius 1 is 1.36 bits per heavy atom. The van der Waals surface area contributed by atoms with Gasteiger partial charge in [0.2, 0.25) is 0 Å². The van der Waals surface area contributed by atoms with E-state index in [1.807, 2.05) is 13.8 Å². The lowest BCUT2D eigenvalue weighted by atomic mass is 10.3. The van der Waals surface area contributed by atoms with E-state index in [2.05, 4.69) is 13.2 Å².